The van der Waals surface area contributed by atoms with E-state index in [4.69, 9.17) is 11.6 Å². The van der Waals surface area contributed by atoms with Crippen molar-refractivity contribution in [2.24, 2.45) is 0 Å². The summed E-state index contributed by atoms with van der Waals surface area (Å²) in [5.74, 6) is 0.669. The van der Waals surface area contributed by atoms with E-state index in [1.54, 1.807) is 18.2 Å². The maximum atomic E-state index is 13.1. The predicted octanol–water partition coefficient (Wildman–Crippen LogP) is 3.88. The largest absolute Gasteiger partial charge is 0.623 e. The van der Waals surface area contributed by atoms with Gasteiger partial charge in [-0.3, -0.25) is 4.57 Å². The molecule has 0 spiro atoms. The van der Waals surface area contributed by atoms with Gasteiger partial charge in [0.05, 0.1) is 39.2 Å². The number of hydrogen-bond donors (Lipinski definition) is 0. The summed E-state index contributed by atoms with van der Waals surface area (Å²) in [4.78, 5) is 4.56. The van der Waals surface area contributed by atoms with Gasteiger partial charge in [0.2, 0.25) is 12.3 Å². The van der Waals surface area contributed by atoms with Gasteiger partial charge in [0.15, 0.2) is 5.82 Å². The van der Waals surface area contributed by atoms with Crippen molar-refractivity contribution in [1.82, 2.24) is 9.55 Å². The molecule has 0 N–H and O–H groups in total. The second kappa shape index (κ2) is 6.01. The van der Waals surface area contributed by atoms with Crippen molar-refractivity contribution < 1.29 is 4.74 Å². The molecule has 0 saturated heterocycles. The van der Waals surface area contributed by atoms with Crippen LogP contribution in [-0.2, 0) is 6.54 Å². The molecule has 0 amide bonds. The average molecular weight is 363 g/mol. The highest BCUT2D eigenvalue weighted by Gasteiger charge is 2.30. The van der Waals surface area contributed by atoms with E-state index in [0.717, 1.165) is 21.8 Å². The lowest BCUT2D eigenvalue weighted by molar-refractivity contribution is -0.475. The first-order valence-electron chi connectivity index (χ1n) is 8.17. The van der Waals surface area contributed by atoms with E-state index in [0.29, 0.717) is 33.2 Å². The van der Waals surface area contributed by atoms with E-state index >= 15 is 0 Å². The Bertz CT molecular complexity index is 1120. The first-order chi connectivity index (χ1) is 12.5. The summed E-state index contributed by atoms with van der Waals surface area (Å²) in [5, 5.41) is 22.9. The summed E-state index contributed by atoms with van der Waals surface area (Å²) >= 11 is 6.38. The van der Waals surface area contributed by atoms with Gasteiger partial charge in [-0.15, -0.1) is 0 Å². The molecule has 1 aliphatic rings. The Labute approximate surface area is 156 Å². The molecule has 0 unspecified atom stereocenters. The average Bonchev–Trinajstić information content (AvgIpc) is 2.83. The lowest BCUT2D eigenvalue weighted by Gasteiger charge is -2.13. The first-order valence-corrected chi connectivity index (χ1v) is 8.55. The number of aromatic nitrogens is 2. The van der Waals surface area contributed by atoms with E-state index < -0.39 is 0 Å². The van der Waals surface area contributed by atoms with Gasteiger partial charge in [-0.2, -0.15) is 10.0 Å². The normalized spacial score (nSPS) is 13.0. The SMILES string of the molecule is Cc1nc2n(c1C)-c1ccc(C#N)cc1C(c1ccccc1Cl)=[N+]([O-])C2. The molecule has 3 aromatic rings. The third-order valence-electron chi connectivity index (χ3n) is 4.70. The smallest absolute Gasteiger partial charge is 0.229 e. The van der Waals surface area contributed by atoms with Crippen LogP contribution in [0.4, 0.5) is 0 Å². The predicted molar refractivity (Wildman–Crippen MR) is 99.7 cm³/mol. The molecule has 6 heteroatoms. The van der Waals surface area contributed by atoms with E-state index in [-0.39, 0.29) is 6.54 Å². The summed E-state index contributed by atoms with van der Waals surface area (Å²) in [5.41, 5.74) is 4.92. The highest BCUT2D eigenvalue weighted by molar-refractivity contribution is 6.35. The number of imidazole rings is 1. The molecule has 0 saturated carbocycles. The minimum absolute atomic E-state index is 0.103. The van der Waals surface area contributed by atoms with Gasteiger partial charge in [-0.25, -0.2) is 4.98 Å². The fourth-order valence-corrected chi connectivity index (χ4v) is 3.60. The van der Waals surface area contributed by atoms with Crippen LogP contribution in [0.2, 0.25) is 5.02 Å². The Balaban J connectivity index is 2.11. The van der Waals surface area contributed by atoms with Crippen molar-refractivity contribution in [2.75, 3.05) is 0 Å². The summed E-state index contributed by atoms with van der Waals surface area (Å²) in [6, 6.07) is 14.7. The van der Waals surface area contributed by atoms with Crippen LogP contribution in [0.25, 0.3) is 5.69 Å². The molecule has 2 heterocycles. The maximum Gasteiger partial charge on any atom is 0.229 e. The molecule has 0 bridgehead atoms. The van der Waals surface area contributed by atoms with E-state index in [1.807, 2.05) is 42.7 Å². The Kier molecular flexibility index (Phi) is 3.78. The second-order valence-corrected chi connectivity index (χ2v) is 6.65. The van der Waals surface area contributed by atoms with Crippen LogP contribution >= 0.6 is 11.6 Å². The molecule has 128 valence electrons. The highest BCUT2D eigenvalue weighted by atomic mass is 35.5. The molecule has 0 atom stereocenters. The van der Waals surface area contributed by atoms with Gasteiger partial charge < -0.3 is 5.21 Å². The molecule has 0 radical (unpaired) electrons. The van der Waals surface area contributed by atoms with Crippen LogP contribution in [0.3, 0.4) is 0 Å². The monoisotopic (exact) mass is 362 g/mol. The Morgan fingerprint density at radius 3 is 2.69 bits per heavy atom. The Morgan fingerprint density at radius 2 is 1.96 bits per heavy atom. The maximum absolute atomic E-state index is 13.1. The van der Waals surface area contributed by atoms with Crippen molar-refractivity contribution in [3.63, 3.8) is 0 Å². The minimum Gasteiger partial charge on any atom is -0.623 e. The number of halogens is 1. The molecule has 0 fully saturated rings. The fraction of sp³-hybridized carbons (Fsp3) is 0.150. The van der Waals surface area contributed by atoms with Gasteiger partial charge in [-0.1, -0.05) is 23.7 Å². The Hall–Kier alpha value is -3.10. The highest BCUT2D eigenvalue weighted by Crippen LogP contribution is 2.30. The van der Waals surface area contributed by atoms with Gasteiger partial charge in [0.1, 0.15) is 0 Å². The van der Waals surface area contributed by atoms with Crippen LogP contribution in [0.1, 0.15) is 33.9 Å². The third-order valence-corrected chi connectivity index (χ3v) is 5.03. The molecule has 4 rings (SSSR count). The van der Waals surface area contributed by atoms with Gasteiger partial charge in [0.25, 0.3) is 0 Å². The minimum atomic E-state index is 0.103. The number of aryl methyl sites for hydroxylation is 1. The zero-order chi connectivity index (χ0) is 18.4. The first kappa shape index (κ1) is 16.4. The molecule has 26 heavy (non-hydrogen) atoms. The molecular formula is C20H15ClN4O. The van der Waals surface area contributed by atoms with E-state index in [2.05, 4.69) is 11.1 Å². The van der Waals surface area contributed by atoms with Crippen LogP contribution < -0.4 is 0 Å². The lowest BCUT2D eigenvalue weighted by atomic mass is 9.98. The quantitative estimate of drug-likeness (QED) is 0.487. The summed E-state index contributed by atoms with van der Waals surface area (Å²) in [6.07, 6.45) is 0. The van der Waals surface area contributed by atoms with Gasteiger partial charge in [-0.05, 0) is 44.2 Å². The van der Waals surface area contributed by atoms with E-state index in [9.17, 15) is 10.5 Å². The summed E-state index contributed by atoms with van der Waals surface area (Å²) in [7, 11) is 0. The number of fused-ring (bicyclic) bond motifs is 3. The summed E-state index contributed by atoms with van der Waals surface area (Å²) < 4.78 is 2.90. The third kappa shape index (κ3) is 2.39. The molecule has 1 aliphatic heterocycles. The standard InChI is InChI=1S/C20H15ClN4O/c1-12-13(2)25-18-8-7-14(10-22)9-16(18)20(24(26)11-19(25)23-12)15-5-3-4-6-17(15)21/h3-9H,11H2,1-2H3. The number of nitrogens with zero attached hydrogens (tertiary/aromatic N) is 4. The van der Waals surface area contributed by atoms with Crippen LogP contribution in [-0.4, -0.2) is 20.0 Å². The molecule has 1 aromatic heterocycles. The topological polar surface area (TPSA) is 67.7 Å². The molecule has 2 aromatic carbocycles. The van der Waals surface area contributed by atoms with Gasteiger partial charge >= 0.3 is 0 Å². The van der Waals surface area contributed by atoms with Gasteiger partial charge in [0, 0.05) is 5.69 Å². The second-order valence-electron chi connectivity index (χ2n) is 6.24. The van der Waals surface area contributed by atoms with Crippen molar-refractivity contribution in [3.05, 3.63) is 86.6 Å². The number of hydrogen-bond acceptors (Lipinski definition) is 3. The summed E-state index contributed by atoms with van der Waals surface area (Å²) in [6.45, 7) is 4.00. The van der Waals surface area contributed by atoms with Crippen LogP contribution in [0.5, 0.6) is 0 Å². The Morgan fingerprint density at radius 1 is 1.19 bits per heavy atom. The number of rotatable bonds is 1. The van der Waals surface area contributed by atoms with Crippen molar-refractivity contribution in [3.8, 4) is 11.8 Å². The van der Waals surface area contributed by atoms with Crippen molar-refractivity contribution >= 4 is 17.3 Å². The number of hydroxylamine groups is 1. The lowest BCUT2D eigenvalue weighted by Crippen LogP contribution is -2.18. The van der Waals surface area contributed by atoms with Crippen LogP contribution in [0, 0.1) is 30.4 Å². The molecule has 5 nitrogen and oxygen atoms in total. The van der Waals surface area contributed by atoms with Crippen molar-refractivity contribution in [1.29, 1.82) is 5.26 Å². The number of nitriles is 1. The van der Waals surface area contributed by atoms with Crippen molar-refractivity contribution in [2.45, 2.75) is 20.4 Å². The zero-order valence-electron chi connectivity index (χ0n) is 14.3. The number of benzene rings is 2. The van der Waals surface area contributed by atoms with Crippen LogP contribution in [0.15, 0.2) is 42.5 Å². The zero-order valence-corrected chi connectivity index (χ0v) is 15.1. The fourth-order valence-electron chi connectivity index (χ4n) is 3.37. The molecular weight excluding hydrogens is 348 g/mol. The molecule has 0 aliphatic carbocycles. The van der Waals surface area contributed by atoms with E-state index in [1.165, 1.54) is 0 Å².